The van der Waals surface area contributed by atoms with Crippen LogP contribution in [0.15, 0.2) is 157 Å². The van der Waals surface area contributed by atoms with E-state index in [1.54, 1.807) is 6.26 Å². The smallest absolute Gasteiger partial charge is 0.101 e. The third-order valence-corrected chi connectivity index (χ3v) is 10.2. The second-order valence-electron chi connectivity index (χ2n) is 12.1. The molecular weight excluding hydrogens is 659 g/mol. The van der Waals surface area contributed by atoms with Gasteiger partial charge in [0.25, 0.3) is 0 Å². The monoisotopic (exact) mass is 707 g/mol. The highest BCUT2D eigenvalue weighted by atomic mass is 32.2. The van der Waals surface area contributed by atoms with E-state index in [0.29, 0.717) is 0 Å². The molecule has 0 amide bonds. The molecule has 1 aliphatic rings. The van der Waals surface area contributed by atoms with Gasteiger partial charge in [-0.3, -0.25) is 0 Å². The van der Waals surface area contributed by atoms with Crippen LogP contribution in [0.25, 0.3) is 33.3 Å². The molecule has 7 rings (SSSR count). The fourth-order valence-corrected chi connectivity index (χ4v) is 7.41. The number of aryl methyl sites for hydroxylation is 1. The van der Waals surface area contributed by atoms with Crippen LogP contribution < -0.4 is 16.8 Å². The lowest BCUT2D eigenvalue weighted by Crippen LogP contribution is -2.27. The van der Waals surface area contributed by atoms with Crippen LogP contribution in [-0.2, 0) is 18.6 Å². The molecule has 6 aromatic rings. The Hall–Kier alpha value is -4.68. The largest absolute Gasteiger partial charge is 0.398 e. The van der Waals surface area contributed by atoms with Crippen molar-refractivity contribution in [1.29, 1.82) is 0 Å². The first kappa shape index (κ1) is 37.6. The molecule has 1 aliphatic carbocycles. The quantitative estimate of drug-likeness (QED) is 0.0845. The van der Waals surface area contributed by atoms with Crippen molar-refractivity contribution >= 4 is 46.6 Å². The van der Waals surface area contributed by atoms with Crippen molar-refractivity contribution in [3.63, 3.8) is 0 Å². The standard InChI is InChI=1S/C43H39N3S.C2H6.CH4S/c44-42-40(47-29-31-13-6-2-7-14-31)26-23-33-20-21-36-27-35(22-24-38(36)41(33)42)34-17-10-18-37(28-34)43(45)46-39(32-15-8-3-9-16-32)25-19-30-11-4-1-5-12-30;2*1-2/h1-18,20-22,24-25,27-28,43,46H,19,23,26,29,44-45H2;1-2H3;2H,1H3/b39-25-;;. The minimum atomic E-state index is -0.374. The van der Waals surface area contributed by atoms with Crippen molar-refractivity contribution in [2.24, 2.45) is 11.5 Å². The van der Waals surface area contributed by atoms with E-state index in [9.17, 15) is 0 Å². The summed E-state index contributed by atoms with van der Waals surface area (Å²) in [7, 11) is 0. The van der Waals surface area contributed by atoms with Gasteiger partial charge in [0.2, 0.25) is 0 Å². The second kappa shape index (κ2) is 19.1. The van der Waals surface area contributed by atoms with Crippen LogP contribution in [0.4, 0.5) is 0 Å². The van der Waals surface area contributed by atoms with Crippen molar-refractivity contribution < 1.29 is 0 Å². The topological polar surface area (TPSA) is 64.1 Å². The Labute approximate surface area is 314 Å². The molecule has 0 radical (unpaired) electrons. The van der Waals surface area contributed by atoms with Gasteiger partial charge in [-0.2, -0.15) is 12.6 Å². The molecule has 0 bridgehead atoms. The minimum Gasteiger partial charge on any atom is -0.398 e. The molecule has 51 heavy (non-hydrogen) atoms. The van der Waals surface area contributed by atoms with Gasteiger partial charge in [0.15, 0.2) is 0 Å². The van der Waals surface area contributed by atoms with Gasteiger partial charge in [-0.05, 0) is 87.4 Å². The van der Waals surface area contributed by atoms with Gasteiger partial charge in [-0.15, -0.1) is 11.8 Å². The van der Waals surface area contributed by atoms with E-state index < -0.39 is 0 Å². The Kier molecular flexibility index (Phi) is 14.1. The summed E-state index contributed by atoms with van der Waals surface area (Å²) >= 11 is 5.40. The van der Waals surface area contributed by atoms with E-state index in [4.69, 9.17) is 11.5 Å². The zero-order valence-electron chi connectivity index (χ0n) is 29.8. The maximum atomic E-state index is 6.89. The first-order chi connectivity index (χ1) is 25.1. The van der Waals surface area contributed by atoms with Crippen LogP contribution in [0.5, 0.6) is 0 Å². The summed E-state index contributed by atoms with van der Waals surface area (Å²) in [5.74, 6) is 0.935. The second-order valence-corrected chi connectivity index (χ2v) is 13.1. The summed E-state index contributed by atoms with van der Waals surface area (Å²) in [5, 5.41) is 6.02. The predicted octanol–water partition coefficient (Wildman–Crippen LogP) is 11.4. The minimum absolute atomic E-state index is 0.374. The number of fused-ring (bicyclic) bond motifs is 3. The van der Waals surface area contributed by atoms with Crippen LogP contribution in [0, 0.1) is 0 Å². The molecule has 0 saturated carbocycles. The lowest BCUT2D eigenvalue weighted by Gasteiger charge is -2.23. The Morgan fingerprint density at radius 2 is 1.37 bits per heavy atom. The van der Waals surface area contributed by atoms with Gasteiger partial charge in [0, 0.05) is 27.6 Å². The van der Waals surface area contributed by atoms with Crippen LogP contribution in [-0.4, -0.2) is 6.26 Å². The predicted molar refractivity (Wildman–Crippen MR) is 227 cm³/mol. The van der Waals surface area contributed by atoms with Gasteiger partial charge in [0.05, 0.1) is 0 Å². The van der Waals surface area contributed by atoms with Crippen molar-refractivity contribution in [1.82, 2.24) is 5.32 Å². The fraction of sp³-hybridized carbons (Fsp3) is 0.174. The summed E-state index contributed by atoms with van der Waals surface area (Å²) < 4.78 is 0. The molecule has 0 fully saturated rings. The number of thioether (sulfide) groups is 1. The average Bonchev–Trinajstić information content (AvgIpc) is 3.21. The molecule has 1 unspecified atom stereocenters. The molecule has 5 heteroatoms. The highest BCUT2D eigenvalue weighted by Gasteiger charge is 2.20. The maximum absolute atomic E-state index is 6.89. The number of rotatable bonds is 10. The van der Waals surface area contributed by atoms with E-state index in [1.165, 1.54) is 37.9 Å². The highest BCUT2D eigenvalue weighted by Crippen LogP contribution is 2.40. The molecule has 6 aromatic carbocycles. The van der Waals surface area contributed by atoms with Crippen LogP contribution in [0.3, 0.4) is 0 Å². The van der Waals surface area contributed by atoms with Crippen LogP contribution in [0.1, 0.15) is 59.8 Å². The summed E-state index contributed by atoms with van der Waals surface area (Å²) in [6, 6.07) is 51.3. The van der Waals surface area contributed by atoms with Gasteiger partial charge < -0.3 is 16.8 Å². The number of hydrogen-bond donors (Lipinski definition) is 4. The van der Waals surface area contributed by atoms with Crippen LogP contribution >= 0.6 is 24.4 Å². The SMILES string of the molecule is CC.CS.NC1=C(SCc2ccccc2)CCc2ccc3cc(-c4cccc(C(N)N/C(=C\Cc5ccccc5)c5ccccc5)c4)ccc3c21. The summed E-state index contributed by atoms with van der Waals surface area (Å²) in [4.78, 5) is 1.29. The Bertz CT molecular complexity index is 2060. The molecular formula is C46H49N3S2. The van der Waals surface area contributed by atoms with E-state index in [1.807, 2.05) is 37.7 Å². The fourth-order valence-electron chi connectivity index (χ4n) is 6.37. The summed E-state index contributed by atoms with van der Waals surface area (Å²) in [6.07, 6.45) is 6.38. The van der Waals surface area contributed by atoms with Crippen molar-refractivity contribution in [3.8, 4) is 11.1 Å². The third-order valence-electron chi connectivity index (χ3n) is 8.91. The first-order valence-corrected chi connectivity index (χ1v) is 19.6. The number of hydrogen-bond acceptors (Lipinski definition) is 5. The zero-order chi connectivity index (χ0) is 36.0. The number of allylic oxidation sites excluding steroid dienone is 2. The van der Waals surface area contributed by atoms with Gasteiger partial charge in [0.1, 0.15) is 6.17 Å². The van der Waals surface area contributed by atoms with E-state index in [-0.39, 0.29) is 6.17 Å². The summed E-state index contributed by atoms with van der Waals surface area (Å²) in [5.41, 5.74) is 25.2. The Morgan fingerprint density at radius 1 is 0.725 bits per heavy atom. The molecule has 260 valence electrons. The van der Waals surface area contributed by atoms with E-state index in [2.05, 4.69) is 157 Å². The van der Waals surface area contributed by atoms with Gasteiger partial charge in [-0.1, -0.05) is 153 Å². The highest BCUT2D eigenvalue weighted by molar-refractivity contribution is 8.02. The number of nitrogens with two attached hydrogens (primary N) is 2. The summed E-state index contributed by atoms with van der Waals surface area (Å²) in [6.45, 7) is 4.00. The van der Waals surface area contributed by atoms with Crippen LogP contribution in [0.2, 0.25) is 0 Å². The van der Waals surface area contributed by atoms with E-state index >= 15 is 0 Å². The molecule has 0 saturated heterocycles. The van der Waals surface area contributed by atoms with Crippen molar-refractivity contribution in [2.45, 2.75) is 45.0 Å². The lowest BCUT2D eigenvalue weighted by molar-refractivity contribution is 0.666. The molecule has 0 aromatic heterocycles. The molecule has 0 spiro atoms. The lowest BCUT2D eigenvalue weighted by atomic mass is 9.88. The average molecular weight is 708 g/mol. The van der Waals surface area contributed by atoms with Crippen molar-refractivity contribution in [3.05, 3.63) is 190 Å². The normalized spacial score (nSPS) is 12.9. The third kappa shape index (κ3) is 9.56. The zero-order valence-corrected chi connectivity index (χ0v) is 31.6. The molecule has 1 atom stereocenters. The molecule has 0 heterocycles. The number of thiol groups is 1. The van der Waals surface area contributed by atoms with Gasteiger partial charge in [-0.25, -0.2) is 0 Å². The van der Waals surface area contributed by atoms with E-state index in [0.717, 1.165) is 58.7 Å². The number of benzene rings is 6. The molecule has 3 nitrogen and oxygen atoms in total. The number of nitrogens with one attached hydrogen (secondary N) is 1. The molecule has 5 N–H and O–H groups in total. The van der Waals surface area contributed by atoms with Gasteiger partial charge >= 0.3 is 0 Å². The van der Waals surface area contributed by atoms with Crippen molar-refractivity contribution in [2.75, 3.05) is 6.26 Å². The Balaban J connectivity index is 0.00000122. The Morgan fingerprint density at radius 3 is 2.08 bits per heavy atom. The molecule has 0 aliphatic heterocycles. The first-order valence-electron chi connectivity index (χ1n) is 17.7. The maximum Gasteiger partial charge on any atom is 0.101 e.